The lowest BCUT2D eigenvalue weighted by Gasteiger charge is -2.28. The van der Waals surface area contributed by atoms with Crippen molar-refractivity contribution < 1.29 is 38.5 Å². The Morgan fingerprint density at radius 3 is 2.48 bits per heavy atom. The molecule has 2 aliphatic rings. The SMILES string of the molecule is CCCCCOc1ccc(C2C(=C([O-])c3ccc4c(c3)OCCO4)C(=O)C(=O)N2CCC[NH+](C)C)cc1OCC. The van der Waals surface area contributed by atoms with Crippen LogP contribution in [0.4, 0.5) is 0 Å². The van der Waals surface area contributed by atoms with E-state index in [9.17, 15) is 14.7 Å². The third kappa shape index (κ3) is 6.53. The maximum Gasteiger partial charge on any atom is 0.295 e. The maximum atomic E-state index is 13.9. The minimum atomic E-state index is -0.841. The number of unbranched alkanes of at least 4 members (excludes halogenated alkanes) is 2. The molecule has 1 fully saturated rings. The van der Waals surface area contributed by atoms with Crippen LogP contribution >= 0.6 is 0 Å². The molecule has 0 aromatic heterocycles. The predicted octanol–water partition coefficient (Wildman–Crippen LogP) is 2.18. The quantitative estimate of drug-likeness (QED) is 0.176. The van der Waals surface area contributed by atoms with Crippen molar-refractivity contribution in [2.45, 2.75) is 45.6 Å². The number of quaternary nitrogens is 1. The minimum absolute atomic E-state index is 0.0714. The summed E-state index contributed by atoms with van der Waals surface area (Å²) in [5.41, 5.74) is 0.825. The van der Waals surface area contributed by atoms with Crippen molar-refractivity contribution in [1.29, 1.82) is 0 Å². The van der Waals surface area contributed by atoms with E-state index in [4.69, 9.17) is 18.9 Å². The topological polar surface area (TPSA) is 102 Å². The van der Waals surface area contributed by atoms with Gasteiger partial charge in [-0.05, 0) is 48.7 Å². The normalized spacial score (nSPS) is 17.9. The van der Waals surface area contributed by atoms with Crippen molar-refractivity contribution in [2.24, 2.45) is 0 Å². The van der Waals surface area contributed by atoms with Gasteiger partial charge in [-0.15, -0.1) is 0 Å². The molecule has 1 saturated heterocycles. The molecule has 216 valence electrons. The van der Waals surface area contributed by atoms with Gasteiger partial charge < -0.3 is 33.9 Å². The van der Waals surface area contributed by atoms with Gasteiger partial charge in [0.25, 0.3) is 5.91 Å². The number of hydrogen-bond donors (Lipinski definition) is 1. The van der Waals surface area contributed by atoms with E-state index in [1.807, 2.05) is 27.1 Å². The summed E-state index contributed by atoms with van der Waals surface area (Å²) in [6, 6.07) is 9.41. The van der Waals surface area contributed by atoms with Crippen LogP contribution in [0, 0.1) is 0 Å². The molecule has 0 aliphatic carbocycles. The predicted molar refractivity (Wildman–Crippen MR) is 149 cm³/mol. The van der Waals surface area contributed by atoms with Gasteiger partial charge in [-0.3, -0.25) is 9.59 Å². The van der Waals surface area contributed by atoms with Gasteiger partial charge in [0, 0.05) is 18.5 Å². The summed E-state index contributed by atoms with van der Waals surface area (Å²) in [4.78, 5) is 29.5. The number of carbonyl (C=O) groups excluding carboxylic acids is 2. The summed E-state index contributed by atoms with van der Waals surface area (Å²) in [6.07, 6.45) is 3.77. The number of fused-ring (bicyclic) bond motifs is 1. The van der Waals surface area contributed by atoms with Gasteiger partial charge in [-0.1, -0.05) is 37.7 Å². The molecule has 0 saturated carbocycles. The first-order valence-electron chi connectivity index (χ1n) is 14.2. The van der Waals surface area contributed by atoms with Crippen LogP contribution in [-0.2, 0) is 9.59 Å². The fourth-order valence-electron chi connectivity index (χ4n) is 5.01. The molecule has 2 heterocycles. The monoisotopic (exact) mass is 552 g/mol. The van der Waals surface area contributed by atoms with Crippen molar-refractivity contribution in [3.63, 3.8) is 0 Å². The van der Waals surface area contributed by atoms with Crippen LogP contribution in [0.1, 0.15) is 56.7 Å². The van der Waals surface area contributed by atoms with Crippen LogP contribution in [0.3, 0.4) is 0 Å². The average Bonchev–Trinajstić information content (AvgIpc) is 3.20. The molecule has 0 radical (unpaired) electrons. The molecular weight excluding hydrogens is 512 g/mol. The van der Waals surface area contributed by atoms with Gasteiger partial charge in [0.15, 0.2) is 23.0 Å². The van der Waals surface area contributed by atoms with Crippen molar-refractivity contribution in [3.8, 4) is 23.0 Å². The van der Waals surface area contributed by atoms with E-state index < -0.39 is 23.5 Å². The Kier molecular flexibility index (Phi) is 9.93. The molecule has 40 heavy (non-hydrogen) atoms. The van der Waals surface area contributed by atoms with Crippen LogP contribution in [-0.4, -0.2) is 70.2 Å². The van der Waals surface area contributed by atoms with Gasteiger partial charge in [0.1, 0.15) is 13.2 Å². The van der Waals surface area contributed by atoms with Crippen LogP contribution in [0.2, 0.25) is 0 Å². The standard InChI is InChI=1S/C31H40N2O7/c1-5-7-8-16-38-23-12-10-21(19-25(23)37-6-2)28-27(30(35)31(36)33(28)15-9-14-32(3)4)29(34)22-11-13-24-26(20-22)40-18-17-39-24/h10-13,19-20,28,34H,5-9,14-18H2,1-4H3. The van der Waals surface area contributed by atoms with E-state index in [0.717, 1.165) is 25.8 Å². The highest BCUT2D eigenvalue weighted by Crippen LogP contribution is 2.42. The van der Waals surface area contributed by atoms with Crippen LogP contribution < -0.4 is 29.0 Å². The van der Waals surface area contributed by atoms with E-state index in [1.54, 1.807) is 30.3 Å². The molecular formula is C31H40N2O7. The van der Waals surface area contributed by atoms with Gasteiger partial charge in [0.2, 0.25) is 5.78 Å². The molecule has 2 aliphatic heterocycles. The van der Waals surface area contributed by atoms with Gasteiger partial charge >= 0.3 is 0 Å². The first-order valence-corrected chi connectivity index (χ1v) is 14.2. The van der Waals surface area contributed by atoms with Gasteiger partial charge in [-0.2, -0.15) is 0 Å². The third-order valence-corrected chi connectivity index (χ3v) is 7.00. The molecule has 1 N–H and O–H groups in total. The Bertz CT molecular complexity index is 1240. The van der Waals surface area contributed by atoms with Crippen LogP contribution in [0.25, 0.3) is 5.76 Å². The second kappa shape index (κ2) is 13.6. The Balaban J connectivity index is 1.76. The fraction of sp³-hybridized carbons (Fsp3) is 0.484. The number of benzene rings is 2. The first kappa shape index (κ1) is 29.3. The van der Waals surface area contributed by atoms with Crippen LogP contribution in [0.15, 0.2) is 42.0 Å². The van der Waals surface area contributed by atoms with Crippen LogP contribution in [0.5, 0.6) is 23.0 Å². The number of ether oxygens (including phenoxy) is 4. The summed E-state index contributed by atoms with van der Waals surface area (Å²) in [5.74, 6) is 0.158. The molecule has 4 rings (SSSR count). The summed E-state index contributed by atoms with van der Waals surface area (Å²) in [7, 11) is 4.07. The zero-order valence-corrected chi connectivity index (χ0v) is 23.9. The zero-order chi connectivity index (χ0) is 28.6. The van der Waals surface area contributed by atoms with Crippen molar-refractivity contribution >= 4 is 17.4 Å². The summed E-state index contributed by atoms with van der Waals surface area (Å²) < 4.78 is 23.1. The lowest BCUT2D eigenvalue weighted by Crippen LogP contribution is -3.05. The highest BCUT2D eigenvalue weighted by molar-refractivity contribution is 6.46. The number of hydrogen-bond acceptors (Lipinski definition) is 7. The lowest BCUT2D eigenvalue weighted by molar-refractivity contribution is -0.858. The molecule has 0 spiro atoms. The van der Waals surface area contributed by atoms with Crippen molar-refractivity contribution in [1.82, 2.24) is 4.90 Å². The second-order valence-corrected chi connectivity index (χ2v) is 10.3. The molecule has 0 bridgehead atoms. The smallest absolute Gasteiger partial charge is 0.295 e. The number of rotatable bonds is 13. The number of nitrogens with zero attached hydrogens (tertiary/aromatic N) is 1. The van der Waals surface area contributed by atoms with E-state index >= 15 is 0 Å². The largest absolute Gasteiger partial charge is 0.872 e. The Hall–Kier alpha value is -3.72. The molecule has 2 aromatic carbocycles. The highest BCUT2D eigenvalue weighted by Gasteiger charge is 2.44. The summed E-state index contributed by atoms with van der Waals surface area (Å²) >= 11 is 0. The van der Waals surface area contributed by atoms with Gasteiger partial charge in [0.05, 0.1) is 39.9 Å². The lowest BCUT2D eigenvalue weighted by atomic mass is 9.94. The Morgan fingerprint density at radius 1 is 0.975 bits per heavy atom. The average molecular weight is 553 g/mol. The molecule has 1 amide bonds. The van der Waals surface area contributed by atoms with Crippen molar-refractivity contribution in [3.05, 3.63) is 53.1 Å². The summed E-state index contributed by atoms with van der Waals surface area (Å²) in [5, 5.41) is 13.9. The second-order valence-electron chi connectivity index (χ2n) is 10.3. The van der Waals surface area contributed by atoms with E-state index in [2.05, 4.69) is 6.92 Å². The highest BCUT2D eigenvalue weighted by atomic mass is 16.6. The number of carbonyl (C=O) groups is 2. The molecule has 1 atom stereocenters. The first-order chi connectivity index (χ1) is 19.3. The minimum Gasteiger partial charge on any atom is -0.872 e. The van der Waals surface area contributed by atoms with E-state index in [0.29, 0.717) is 68.0 Å². The van der Waals surface area contributed by atoms with E-state index in [1.165, 1.54) is 9.80 Å². The van der Waals surface area contributed by atoms with Crippen molar-refractivity contribution in [2.75, 3.05) is 53.6 Å². The fourth-order valence-corrected chi connectivity index (χ4v) is 5.01. The Morgan fingerprint density at radius 2 is 1.75 bits per heavy atom. The number of ketones is 1. The zero-order valence-electron chi connectivity index (χ0n) is 23.9. The van der Waals surface area contributed by atoms with E-state index in [-0.39, 0.29) is 11.1 Å². The third-order valence-electron chi connectivity index (χ3n) is 7.00. The maximum absolute atomic E-state index is 13.9. The number of likely N-dealkylation sites (tertiary alicyclic amines) is 1. The molecule has 2 aromatic rings. The summed E-state index contributed by atoms with van der Waals surface area (Å²) in [6.45, 7) is 6.95. The Labute approximate surface area is 236 Å². The molecule has 9 heteroatoms. The number of nitrogens with one attached hydrogen (secondary N) is 1. The molecule has 9 nitrogen and oxygen atoms in total. The molecule has 1 unspecified atom stereocenters. The number of Topliss-reactive ketones (excluding diaryl/α,β-unsaturated/α-hetero) is 1. The number of amides is 1. The van der Waals surface area contributed by atoms with Gasteiger partial charge in [-0.25, -0.2) is 0 Å².